The summed E-state index contributed by atoms with van der Waals surface area (Å²) in [5.41, 5.74) is 2.44. The molecule has 1 aliphatic rings. The first-order valence-corrected chi connectivity index (χ1v) is 6.07. The summed E-state index contributed by atoms with van der Waals surface area (Å²) < 4.78 is 0. The van der Waals surface area contributed by atoms with E-state index in [9.17, 15) is 0 Å². The van der Waals surface area contributed by atoms with Crippen LogP contribution in [0.3, 0.4) is 0 Å². The Balaban J connectivity index is 1.96. The fourth-order valence-corrected chi connectivity index (χ4v) is 2.58. The summed E-state index contributed by atoms with van der Waals surface area (Å²) in [4.78, 5) is 0. The molecule has 15 heavy (non-hydrogen) atoms. The molecule has 0 unspecified atom stereocenters. The van der Waals surface area contributed by atoms with Crippen molar-refractivity contribution in [1.29, 1.82) is 0 Å². The molecule has 1 N–H and O–H groups in total. The fraction of sp³-hybridized carbons (Fsp3) is 0.571. The smallest absolute Gasteiger partial charge is 0.0681 e. The Morgan fingerprint density at radius 2 is 1.80 bits per heavy atom. The molecule has 0 aliphatic heterocycles. The minimum absolute atomic E-state index is 0.165. The van der Waals surface area contributed by atoms with Crippen LogP contribution in [0.4, 0.5) is 0 Å². The lowest BCUT2D eigenvalue weighted by atomic mass is 9.85. The second-order valence-electron chi connectivity index (χ2n) is 4.69. The van der Waals surface area contributed by atoms with Gasteiger partial charge in [0.15, 0.2) is 0 Å². The molecule has 1 aromatic rings. The van der Waals surface area contributed by atoms with E-state index in [0.717, 1.165) is 11.5 Å². The van der Waals surface area contributed by atoms with Gasteiger partial charge in [-0.3, -0.25) is 0 Å². The highest BCUT2D eigenvalue weighted by atomic mass is 16.3. The lowest BCUT2D eigenvalue weighted by molar-refractivity contribution is 0.281. The van der Waals surface area contributed by atoms with Crippen molar-refractivity contribution < 1.29 is 5.11 Å². The van der Waals surface area contributed by atoms with E-state index in [1.165, 1.54) is 44.1 Å². The predicted octanol–water partition coefficient (Wildman–Crippen LogP) is 3.30. The molecule has 0 spiro atoms. The van der Waals surface area contributed by atoms with Crippen LogP contribution in [0.1, 0.15) is 43.2 Å². The third-order valence-electron chi connectivity index (χ3n) is 3.42. The van der Waals surface area contributed by atoms with Crippen LogP contribution in [0.5, 0.6) is 0 Å². The van der Waals surface area contributed by atoms with Gasteiger partial charge in [0, 0.05) is 0 Å². The Morgan fingerprint density at radius 3 is 2.53 bits per heavy atom. The molecular weight excluding hydrogens is 184 g/mol. The molecule has 1 heteroatoms. The number of benzene rings is 1. The van der Waals surface area contributed by atoms with Gasteiger partial charge in [0.05, 0.1) is 6.61 Å². The first-order valence-electron chi connectivity index (χ1n) is 6.07. The number of hydrogen-bond acceptors (Lipinski definition) is 1. The average molecular weight is 204 g/mol. The molecule has 2 rings (SSSR count). The van der Waals surface area contributed by atoms with Gasteiger partial charge in [0.25, 0.3) is 0 Å². The molecule has 0 amide bonds. The Hall–Kier alpha value is -0.820. The number of aliphatic hydroxyl groups is 1. The molecule has 1 aliphatic carbocycles. The minimum Gasteiger partial charge on any atom is -0.392 e. The minimum atomic E-state index is 0.165. The molecule has 0 atom stereocenters. The molecule has 0 radical (unpaired) electrons. The highest BCUT2D eigenvalue weighted by Crippen LogP contribution is 2.26. The lowest BCUT2D eigenvalue weighted by Gasteiger charge is -2.21. The van der Waals surface area contributed by atoms with E-state index in [0.29, 0.717) is 0 Å². The van der Waals surface area contributed by atoms with Crippen molar-refractivity contribution in [1.82, 2.24) is 0 Å². The quantitative estimate of drug-likeness (QED) is 0.801. The third-order valence-corrected chi connectivity index (χ3v) is 3.42. The zero-order valence-corrected chi connectivity index (χ0v) is 9.28. The zero-order valence-electron chi connectivity index (χ0n) is 9.28. The zero-order chi connectivity index (χ0) is 10.5. The molecule has 1 fully saturated rings. The average Bonchev–Trinajstić information content (AvgIpc) is 2.31. The first kappa shape index (κ1) is 10.7. The van der Waals surface area contributed by atoms with Crippen molar-refractivity contribution in [3.05, 3.63) is 35.4 Å². The summed E-state index contributed by atoms with van der Waals surface area (Å²) >= 11 is 0. The molecule has 1 nitrogen and oxygen atoms in total. The van der Waals surface area contributed by atoms with Crippen LogP contribution in [-0.4, -0.2) is 5.11 Å². The molecule has 1 saturated carbocycles. The van der Waals surface area contributed by atoms with Crippen LogP contribution in [0, 0.1) is 5.92 Å². The topological polar surface area (TPSA) is 20.2 Å². The lowest BCUT2D eigenvalue weighted by Crippen LogP contribution is -2.09. The van der Waals surface area contributed by atoms with E-state index in [1.807, 2.05) is 6.07 Å². The molecule has 0 saturated heterocycles. The highest BCUT2D eigenvalue weighted by Gasteiger charge is 2.13. The van der Waals surface area contributed by atoms with Gasteiger partial charge in [0.1, 0.15) is 0 Å². The van der Waals surface area contributed by atoms with E-state index in [4.69, 9.17) is 5.11 Å². The number of rotatable bonds is 3. The van der Waals surface area contributed by atoms with Crippen molar-refractivity contribution in [3.8, 4) is 0 Å². The normalized spacial score (nSPS) is 17.9. The van der Waals surface area contributed by atoms with Crippen molar-refractivity contribution >= 4 is 0 Å². The van der Waals surface area contributed by atoms with Crippen LogP contribution in [0.15, 0.2) is 24.3 Å². The van der Waals surface area contributed by atoms with E-state index in [-0.39, 0.29) is 6.61 Å². The molecule has 0 bridgehead atoms. The van der Waals surface area contributed by atoms with Crippen molar-refractivity contribution in [3.63, 3.8) is 0 Å². The Morgan fingerprint density at radius 1 is 1.07 bits per heavy atom. The second kappa shape index (κ2) is 5.32. The van der Waals surface area contributed by atoms with Crippen LogP contribution in [0.25, 0.3) is 0 Å². The fourth-order valence-electron chi connectivity index (χ4n) is 2.58. The number of aliphatic hydroxyl groups excluding tert-OH is 1. The van der Waals surface area contributed by atoms with E-state index < -0.39 is 0 Å². The van der Waals surface area contributed by atoms with Crippen LogP contribution < -0.4 is 0 Å². The summed E-state index contributed by atoms with van der Waals surface area (Å²) in [7, 11) is 0. The predicted molar refractivity (Wildman–Crippen MR) is 62.6 cm³/mol. The molecule has 82 valence electrons. The van der Waals surface area contributed by atoms with Gasteiger partial charge in [-0.25, -0.2) is 0 Å². The second-order valence-corrected chi connectivity index (χ2v) is 4.69. The standard InChI is InChI=1S/C14H20O/c15-11-14-8-4-7-13(10-14)9-12-5-2-1-3-6-12/h4,7-8,10,12,15H,1-3,5-6,9,11H2. The Bertz CT molecular complexity index is 300. The van der Waals surface area contributed by atoms with Gasteiger partial charge < -0.3 is 5.11 Å². The maximum atomic E-state index is 9.07. The summed E-state index contributed by atoms with van der Waals surface area (Å²) in [5.74, 6) is 0.882. The maximum absolute atomic E-state index is 9.07. The van der Waals surface area contributed by atoms with Crippen LogP contribution >= 0.6 is 0 Å². The molecule has 0 aromatic heterocycles. The van der Waals surface area contributed by atoms with Gasteiger partial charge >= 0.3 is 0 Å². The summed E-state index contributed by atoms with van der Waals surface area (Å²) in [5, 5.41) is 9.07. The highest BCUT2D eigenvalue weighted by molar-refractivity contribution is 5.23. The monoisotopic (exact) mass is 204 g/mol. The molecule has 0 heterocycles. The Kier molecular flexibility index (Phi) is 3.79. The third kappa shape index (κ3) is 3.07. The van der Waals surface area contributed by atoms with E-state index in [1.54, 1.807) is 0 Å². The van der Waals surface area contributed by atoms with Crippen molar-refractivity contribution in [2.75, 3.05) is 0 Å². The van der Waals surface area contributed by atoms with E-state index >= 15 is 0 Å². The SMILES string of the molecule is OCc1cccc(CC2CCCCC2)c1. The van der Waals surface area contributed by atoms with Gasteiger partial charge in [0.2, 0.25) is 0 Å². The van der Waals surface area contributed by atoms with Gasteiger partial charge in [-0.15, -0.1) is 0 Å². The van der Waals surface area contributed by atoms with E-state index in [2.05, 4.69) is 18.2 Å². The van der Waals surface area contributed by atoms with Crippen LogP contribution in [-0.2, 0) is 13.0 Å². The van der Waals surface area contributed by atoms with Gasteiger partial charge in [-0.1, -0.05) is 56.4 Å². The summed E-state index contributed by atoms with van der Waals surface area (Å²) in [6.45, 7) is 0.165. The number of hydrogen-bond donors (Lipinski definition) is 1. The van der Waals surface area contributed by atoms with Crippen LogP contribution in [0.2, 0.25) is 0 Å². The maximum Gasteiger partial charge on any atom is 0.0681 e. The largest absolute Gasteiger partial charge is 0.392 e. The Labute approximate surface area is 92.1 Å². The molecular formula is C14H20O. The van der Waals surface area contributed by atoms with Gasteiger partial charge in [-0.05, 0) is 23.5 Å². The van der Waals surface area contributed by atoms with Gasteiger partial charge in [-0.2, -0.15) is 0 Å². The molecule has 1 aromatic carbocycles. The van der Waals surface area contributed by atoms with Crippen molar-refractivity contribution in [2.24, 2.45) is 5.92 Å². The first-order chi connectivity index (χ1) is 7.38. The van der Waals surface area contributed by atoms with Crippen molar-refractivity contribution in [2.45, 2.75) is 45.1 Å². The summed E-state index contributed by atoms with van der Waals surface area (Å²) in [6, 6.07) is 8.39. The summed E-state index contributed by atoms with van der Waals surface area (Å²) in [6.07, 6.45) is 8.22.